The van der Waals surface area contributed by atoms with Gasteiger partial charge in [0.05, 0.1) is 30.7 Å². The van der Waals surface area contributed by atoms with Crippen LogP contribution >= 0.6 is 0 Å². The summed E-state index contributed by atoms with van der Waals surface area (Å²) in [5, 5.41) is 5.05. The molecule has 0 bridgehead atoms. The predicted octanol–water partition coefficient (Wildman–Crippen LogP) is 4.44. The minimum absolute atomic E-state index is 0.687. The molecule has 0 radical (unpaired) electrons. The van der Waals surface area contributed by atoms with E-state index >= 15 is 0 Å². The zero-order valence-corrected chi connectivity index (χ0v) is 15.4. The molecular weight excluding hydrogens is 334 g/mol. The Morgan fingerprint density at radius 3 is 2.89 bits per heavy atom. The Hall–Kier alpha value is -3.14. The van der Waals surface area contributed by atoms with Gasteiger partial charge in [-0.25, -0.2) is 0 Å². The normalized spacial score (nSPS) is 14.6. The topological polar surface area (TPSA) is 39.9 Å². The van der Waals surface area contributed by atoms with Crippen molar-refractivity contribution in [1.29, 1.82) is 0 Å². The number of fused-ring (bicyclic) bond motifs is 3. The minimum atomic E-state index is 0.687. The third-order valence-electron chi connectivity index (χ3n) is 5.38. The van der Waals surface area contributed by atoms with Gasteiger partial charge in [-0.1, -0.05) is 24.3 Å². The predicted molar refractivity (Wildman–Crippen MR) is 107 cm³/mol. The summed E-state index contributed by atoms with van der Waals surface area (Å²) in [5.74, 6) is 0.910. The molecule has 2 aliphatic carbocycles. The molecule has 0 fully saturated rings. The summed E-state index contributed by atoms with van der Waals surface area (Å²) in [6.07, 6.45) is 11.4. The van der Waals surface area contributed by atoms with Crippen LogP contribution in [0.2, 0.25) is 0 Å². The maximum atomic E-state index is 5.41. The van der Waals surface area contributed by atoms with Gasteiger partial charge in [0, 0.05) is 17.3 Å². The molecule has 3 aromatic rings. The molecule has 1 aromatic carbocycles. The van der Waals surface area contributed by atoms with Gasteiger partial charge < -0.3 is 4.74 Å². The molecule has 0 saturated heterocycles. The Kier molecular flexibility index (Phi) is 3.89. The molecular formula is C23H21N3O. The second-order valence-corrected chi connectivity index (χ2v) is 7.00. The Morgan fingerprint density at radius 1 is 1.15 bits per heavy atom. The monoisotopic (exact) mass is 355 g/mol. The van der Waals surface area contributed by atoms with Crippen molar-refractivity contribution in [2.24, 2.45) is 0 Å². The van der Waals surface area contributed by atoms with E-state index in [1.165, 1.54) is 28.0 Å². The maximum absolute atomic E-state index is 5.41. The zero-order chi connectivity index (χ0) is 18.2. The largest absolute Gasteiger partial charge is 0.497 e. The minimum Gasteiger partial charge on any atom is -0.497 e. The van der Waals surface area contributed by atoms with E-state index < -0.39 is 0 Å². The summed E-state index contributed by atoms with van der Waals surface area (Å²) in [6, 6.07) is 12.4. The van der Waals surface area contributed by atoms with E-state index in [0.29, 0.717) is 6.54 Å². The van der Waals surface area contributed by atoms with Crippen LogP contribution in [0.4, 0.5) is 0 Å². The SMILES string of the molecule is COc1ccc2c(c1)CCc1c-2nn(Cc2ccccn2)c1C1=CC=CC1. The smallest absolute Gasteiger partial charge is 0.119 e. The second-order valence-electron chi connectivity index (χ2n) is 7.00. The van der Waals surface area contributed by atoms with Crippen molar-refractivity contribution < 1.29 is 4.74 Å². The molecule has 134 valence electrons. The second kappa shape index (κ2) is 6.54. The third kappa shape index (κ3) is 2.78. The van der Waals surface area contributed by atoms with Crippen molar-refractivity contribution in [3.8, 4) is 17.0 Å². The average Bonchev–Trinajstić information content (AvgIpc) is 3.35. The summed E-state index contributed by atoms with van der Waals surface area (Å²) >= 11 is 0. The molecule has 2 aliphatic rings. The van der Waals surface area contributed by atoms with Gasteiger partial charge in [0.15, 0.2) is 0 Å². The van der Waals surface area contributed by atoms with E-state index in [1.54, 1.807) is 7.11 Å². The highest BCUT2D eigenvalue weighted by molar-refractivity contribution is 5.79. The standard InChI is InChI=1S/C23H21N3O/c1-27-19-10-12-20-17(14-19)9-11-21-22(20)25-26(15-18-8-4-5-13-24-18)23(21)16-6-2-3-7-16/h2-6,8,10,12-14H,7,9,11,15H2,1H3. The van der Waals surface area contributed by atoms with Crippen molar-refractivity contribution in [2.75, 3.05) is 7.11 Å². The number of pyridine rings is 1. The van der Waals surface area contributed by atoms with Crippen LogP contribution in [0.3, 0.4) is 0 Å². The van der Waals surface area contributed by atoms with Crippen molar-refractivity contribution in [3.63, 3.8) is 0 Å². The lowest BCUT2D eigenvalue weighted by Crippen LogP contribution is -2.08. The summed E-state index contributed by atoms with van der Waals surface area (Å²) in [4.78, 5) is 4.50. The van der Waals surface area contributed by atoms with Crippen LogP contribution in [-0.2, 0) is 19.4 Å². The molecule has 0 aliphatic heterocycles. The number of hydrogen-bond acceptors (Lipinski definition) is 3. The molecule has 4 heteroatoms. The van der Waals surface area contributed by atoms with Crippen LogP contribution in [-0.4, -0.2) is 21.9 Å². The van der Waals surface area contributed by atoms with Gasteiger partial charge in [-0.2, -0.15) is 5.10 Å². The first-order valence-corrected chi connectivity index (χ1v) is 9.36. The first kappa shape index (κ1) is 16.1. The highest BCUT2D eigenvalue weighted by atomic mass is 16.5. The maximum Gasteiger partial charge on any atom is 0.119 e. The number of aryl methyl sites for hydroxylation is 1. The van der Waals surface area contributed by atoms with Gasteiger partial charge in [0.2, 0.25) is 0 Å². The lowest BCUT2D eigenvalue weighted by molar-refractivity contribution is 0.414. The third-order valence-corrected chi connectivity index (χ3v) is 5.38. The highest BCUT2D eigenvalue weighted by Gasteiger charge is 2.27. The Bertz CT molecular complexity index is 1060. The number of benzene rings is 1. The van der Waals surface area contributed by atoms with Gasteiger partial charge >= 0.3 is 0 Å². The van der Waals surface area contributed by atoms with Gasteiger partial charge in [0.1, 0.15) is 5.75 Å². The van der Waals surface area contributed by atoms with Crippen LogP contribution in [0.25, 0.3) is 16.8 Å². The fourth-order valence-corrected chi connectivity index (χ4v) is 4.09. The van der Waals surface area contributed by atoms with E-state index in [1.807, 2.05) is 24.4 Å². The summed E-state index contributed by atoms with van der Waals surface area (Å²) in [6.45, 7) is 0.687. The molecule has 0 N–H and O–H groups in total. The molecule has 0 amide bonds. The first-order valence-electron chi connectivity index (χ1n) is 9.36. The Balaban J connectivity index is 1.65. The highest BCUT2D eigenvalue weighted by Crippen LogP contribution is 2.39. The Morgan fingerprint density at radius 2 is 2.11 bits per heavy atom. The van der Waals surface area contributed by atoms with E-state index in [0.717, 1.165) is 36.4 Å². The lowest BCUT2D eigenvalue weighted by Gasteiger charge is -2.17. The van der Waals surface area contributed by atoms with Crippen molar-refractivity contribution in [2.45, 2.75) is 25.8 Å². The summed E-state index contributed by atoms with van der Waals surface area (Å²) in [7, 11) is 1.72. The van der Waals surface area contributed by atoms with Crippen molar-refractivity contribution in [3.05, 3.63) is 83.3 Å². The molecule has 4 nitrogen and oxygen atoms in total. The Labute approximate surface area is 158 Å². The number of methoxy groups -OCH3 is 1. The molecule has 0 spiro atoms. The van der Waals surface area contributed by atoms with Crippen molar-refractivity contribution in [1.82, 2.24) is 14.8 Å². The molecule has 2 heterocycles. The van der Waals surface area contributed by atoms with Crippen LogP contribution in [0.5, 0.6) is 5.75 Å². The number of nitrogens with zero attached hydrogens (tertiary/aromatic N) is 3. The van der Waals surface area contributed by atoms with E-state index in [-0.39, 0.29) is 0 Å². The van der Waals surface area contributed by atoms with Gasteiger partial charge in [-0.05, 0) is 60.7 Å². The number of allylic oxidation sites excluding steroid dienone is 4. The number of rotatable bonds is 4. The van der Waals surface area contributed by atoms with Crippen molar-refractivity contribution >= 4 is 5.57 Å². The van der Waals surface area contributed by atoms with Gasteiger partial charge in [0.25, 0.3) is 0 Å². The fraction of sp³-hybridized carbons (Fsp3) is 0.217. The molecule has 0 unspecified atom stereocenters. The van der Waals surface area contributed by atoms with E-state index in [2.05, 4.69) is 46.1 Å². The molecule has 0 saturated carbocycles. The van der Waals surface area contributed by atoms with Crippen LogP contribution in [0.15, 0.2) is 60.8 Å². The van der Waals surface area contributed by atoms with Gasteiger partial charge in [-0.15, -0.1) is 0 Å². The quantitative estimate of drug-likeness (QED) is 0.694. The molecule has 27 heavy (non-hydrogen) atoms. The number of ether oxygens (including phenoxy) is 1. The fourth-order valence-electron chi connectivity index (χ4n) is 4.09. The van der Waals surface area contributed by atoms with Gasteiger partial charge in [-0.3, -0.25) is 9.67 Å². The lowest BCUT2D eigenvalue weighted by atomic mass is 9.87. The van der Waals surface area contributed by atoms with E-state index in [4.69, 9.17) is 9.84 Å². The molecule has 5 rings (SSSR count). The number of hydrogen-bond donors (Lipinski definition) is 0. The van der Waals surface area contributed by atoms with Crippen LogP contribution < -0.4 is 4.74 Å². The van der Waals surface area contributed by atoms with Crippen LogP contribution in [0, 0.1) is 0 Å². The summed E-state index contributed by atoms with van der Waals surface area (Å²) < 4.78 is 7.55. The zero-order valence-electron chi connectivity index (χ0n) is 15.4. The average molecular weight is 355 g/mol. The summed E-state index contributed by atoms with van der Waals surface area (Å²) in [5.41, 5.74) is 8.65. The van der Waals surface area contributed by atoms with E-state index in [9.17, 15) is 0 Å². The molecule has 2 aromatic heterocycles. The van der Waals surface area contributed by atoms with Crippen LogP contribution in [0.1, 0.15) is 28.9 Å². The molecule has 0 atom stereocenters. The number of aromatic nitrogens is 3. The first-order chi connectivity index (χ1) is 13.3.